The number of carbonyl (C=O) groups is 1. The Morgan fingerprint density at radius 1 is 1.20 bits per heavy atom. The number of aliphatic carboxylic acids is 1. The summed E-state index contributed by atoms with van der Waals surface area (Å²) in [6, 6.07) is 15.6. The van der Waals surface area contributed by atoms with Gasteiger partial charge in [0.1, 0.15) is 18.1 Å². The molecule has 0 bridgehead atoms. The molecule has 0 amide bonds. The molecule has 4 rings (SSSR count). The van der Waals surface area contributed by atoms with Gasteiger partial charge in [0.15, 0.2) is 0 Å². The molecule has 6 nitrogen and oxygen atoms in total. The summed E-state index contributed by atoms with van der Waals surface area (Å²) in [7, 11) is 0. The molecule has 1 aliphatic heterocycles. The summed E-state index contributed by atoms with van der Waals surface area (Å²) in [4.78, 5) is 17.9. The maximum Gasteiger partial charge on any atom is 0.320 e. The zero-order valence-corrected chi connectivity index (χ0v) is 17.1. The van der Waals surface area contributed by atoms with Crippen molar-refractivity contribution in [3.8, 4) is 17.2 Å². The number of ether oxygens (including phenoxy) is 1. The average Bonchev–Trinajstić information content (AvgIpc) is 3.40. The van der Waals surface area contributed by atoms with Gasteiger partial charge >= 0.3 is 5.97 Å². The zero-order chi connectivity index (χ0) is 20.9. The standard InChI is InChI=1S/C24H26N2O4/c1-17-4-8-19(9-5-17)23-25-20(16-30-23)12-14-29-21-10-6-18(7-11-21)15-26-13-2-3-22(26)24(27)28/h4-11,16,22H,2-3,12-15H2,1H3,(H,27,28). The van der Waals surface area contributed by atoms with Gasteiger partial charge in [0.2, 0.25) is 5.89 Å². The Labute approximate surface area is 176 Å². The van der Waals surface area contributed by atoms with Crippen molar-refractivity contribution in [3.63, 3.8) is 0 Å². The van der Waals surface area contributed by atoms with Crippen LogP contribution in [0.15, 0.2) is 59.2 Å². The van der Waals surface area contributed by atoms with Gasteiger partial charge in [-0.2, -0.15) is 0 Å². The Morgan fingerprint density at radius 2 is 1.97 bits per heavy atom. The van der Waals surface area contributed by atoms with Gasteiger partial charge in [-0.05, 0) is 56.1 Å². The molecular formula is C24H26N2O4. The van der Waals surface area contributed by atoms with E-state index in [1.807, 2.05) is 60.4 Å². The van der Waals surface area contributed by atoms with Gasteiger partial charge in [-0.15, -0.1) is 0 Å². The molecule has 1 atom stereocenters. The number of benzene rings is 2. The molecule has 1 saturated heterocycles. The van der Waals surface area contributed by atoms with Crippen LogP contribution < -0.4 is 4.74 Å². The average molecular weight is 406 g/mol. The first-order valence-corrected chi connectivity index (χ1v) is 10.3. The Bertz CT molecular complexity index is 979. The van der Waals surface area contributed by atoms with Crippen molar-refractivity contribution in [1.29, 1.82) is 0 Å². The first-order chi connectivity index (χ1) is 14.6. The minimum absolute atomic E-state index is 0.367. The number of aromatic nitrogens is 1. The van der Waals surface area contributed by atoms with E-state index in [9.17, 15) is 9.90 Å². The SMILES string of the molecule is Cc1ccc(-c2nc(CCOc3ccc(CN4CCCC4C(=O)O)cc3)co2)cc1. The second-order valence-electron chi connectivity index (χ2n) is 7.72. The van der Waals surface area contributed by atoms with E-state index in [4.69, 9.17) is 9.15 Å². The highest BCUT2D eigenvalue weighted by Crippen LogP contribution is 2.22. The van der Waals surface area contributed by atoms with E-state index in [2.05, 4.69) is 4.98 Å². The fourth-order valence-electron chi connectivity index (χ4n) is 3.74. The second-order valence-corrected chi connectivity index (χ2v) is 7.72. The lowest BCUT2D eigenvalue weighted by atomic mass is 10.1. The van der Waals surface area contributed by atoms with Gasteiger partial charge < -0.3 is 14.3 Å². The number of hydrogen-bond acceptors (Lipinski definition) is 5. The molecule has 0 saturated carbocycles. The number of aryl methyl sites for hydroxylation is 1. The van der Waals surface area contributed by atoms with E-state index >= 15 is 0 Å². The van der Waals surface area contributed by atoms with Crippen LogP contribution >= 0.6 is 0 Å². The molecule has 1 aliphatic rings. The van der Waals surface area contributed by atoms with E-state index in [0.717, 1.165) is 42.0 Å². The summed E-state index contributed by atoms with van der Waals surface area (Å²) in [6.07, 6.45) is 4.00. The Balaban J connectivity index is 1.27. The van der Waals surface area contributed by atoms with Crippen LogP contribution in [-0.2, 0) is 17.8 Å². The van der Waals surface area contributed by atoms with Crippen LogP contribution in [0.5, 0.6) is 5.75 Å². The second kappa shape index (κ2) is 9.13. The molecular weight excluding hydrogens is 380 g/mol. The Hall–Kier alpha value is -3.12. The molecule has 0 spiro atoms. The molecule has 0 aliphatic carbocycles. The quantitative estimate of drug-likeness (QED) is 0.600. The van der Waals surface area contributed by atoms with Crippen molar-refractivity contribution in [2.24, 2.45) is 0 Å². The van der Waals surface area contributed by atoms with Crippen molar-refractivity contribution in [2.45, 2.75) is 38.8 Å². The molecule has 156 valence electrons. The topological polar surface area (TPSA) is 75.8 Å². The highest BCUT2D eigenvalue weighted by molar-refractivity contribution is 5.73. The molecule has 6 heteroatoms. The number of rotatable bonds is 8. The summed E-state index contributed by atoms with van der Waals surface area (Å²) in [5, 5.41) is 9.30. The van der Waals surface area contributed by atoms with Crippen molar-refractivity contribution < 1.29 is 19.1 Å². The van der Waals surface area contributed by atoms with Gasteiger partial charge in [-0.3, -0.25) is 9.69 Å². The van der Waals surface area contributed by atoms with Crippen LogP contribution in [-0.4, -0.2) is 40.2 Å². The normalized spacial score (nSPS) is 16.6. The Morgan fingerprint density at radius 3 is 2.70 bits per heavy atom. The summed E-state index contributed by atoms with van der Waals surface area (Å²) >= 11 is 0. The fourth-order valence-corrected chi connectivity index (χ4v) is 3.74. The summed E-state index contributed by atoms with van der Waals surface area (Å²) in [5.74, 6) is 0.680. The number of nitrogens with zero attached hydrogens (tertiary/aromatic N) is 2. The predicted molar refractivity (Wildman–Crippen MR) is 113 cm³/mol. The third kappa shape index (κ3) is 4.89. The largest absolute Gasteiger partial charge is 0.493 e. The lowest BCUT2D eigenvalue weighted by Crippen LogP contribution is -2.35. The molecule has 1 aromatic heterocycles. The smallest absolute Gasteiger partial charge is 0.320 e. The molecule has 30 heavy (non-hydrogen) atoms. The van der Waals surface area contributed by atoms with Crippen molar-refractivity contribution in [2.75, 3.05) is 13.2 Å². The minimum Gasteiger partial charge on any atom is -0.493 e. The van der Waals surface area contributed by atoms with Crippen LogP contribution in [0.3, 0.4) is 0 Å². The van der Waals surface area contributed by atoms with Gasteiger partial charge in [0.25, 0.3) is 0 Å². The minimum atomic E-state index is -0.731. The summed E-state index contributed by atoms with van der Waals surface area (Å²) < 4.78 is 11.4. The number of carboxylic acid groups (broad SMARTS) is 1. The molecule has 1 N–H and O–H groups in total. The number of likely N-dealkylation sites (tertiary alicyclic amines) is 1. The van der Waals surface area contributed by atoms with Crippen molar-refractivity contribution in [3.05, 3.63) is 71.6 Å². The van der Waals surface area contributed by atoms with Crippen LogP contribution in [0.2, 0.25) is 0 Å². The monoisotopic (exact) mass is 406 g/mol. The highest BCUT2D eigenvalue weighted by atomic mass is 16.5. The third-order valence-corrected chi connectivity index (χ3v) is 5.43. The molecule has 1 fully saturated rings. The molecule has 2 aromatic carbocycles. The van der Waals surface area contributed by atoms with Crippen LogP contribution in [0, 0.1) is 6.92 Å². The molecule has 2 heterocycles. The van der Waals surface area contributed by atoms with Crippen LogP contribution in [0.1, 0.15) is 29.7 Å². The summed E-state index contributed by atoms with van der Waals surface area (Å²) in [5.41, 5.74) is 4.12. The number of hydrogen-bond donors (Lipinski definition) is 1. The number of carboxylic acids is 1. The predicted octanol–water partition coefficient (Wildman–Crippen LogP) is 4.32. The van der Waals surface area contributed by atoms with Crippen LogP contribution in [0.4, 0.5) is 0 Å². The van der Waals surface area contributed by atoms with Crippen molar-refractivity contribution >= 4 is 5.97 Å². The lowest BCUT2D eigenvalue weighted by Gasteiger charge is -2.21. The maximum absolute atomic E-state index is 11.3. The van der Waals surface area contributed by atoms with Crippen LogP contribution in [0.25, 0.3) is 11.5 Å². The molecule has 1 unspecified atom stereocenters. The van der Waals surface area contributed by atoms with E-state index in [0.29, 0.717) is 25.5 Å². The zero-order valence-electron chi connectivity index (χ0n) is 17.1. The van der Waals surface area contributed by atoms with E-state index in [1.165, 1.54) is 5.56 Å². The van der Waals surface area contributed by atoms with Gasteiger partial charge in [-0.1, -0.05) is 29.8 Å². The summed E-state index contributed by atoms with van der Waals surface area (Å²) in [6.45, 7) is 4.04. The lowest BCUT2D eigenvalue weighted by molar-refractivity contribution is -0.142. The van der Waals surface area contributed by atoms with Gasteiger partial charge in [-0.25, -0.2) is 4.98 Å². The third-order valence-electron chi connectivity index (χ3n) is 5.43. The molecule has 0 radical (unpaired) electrons. The van der Waals surface area contributed by atoms with Crippen molar-refractivity contribution in [1.82, 2.24) is 9.88 Å². The van der Waals surface area contributed by atoms with E-state index < -0.39 is 5.97 Å². The maximum atomic E-state index is 11.3. The van der Waals surface area contributed by atoms with Gasteiger partial charge in [0, 0.05) is 18.5 Å². The van der Waals surface area contributed by atoms with Gasteiger partial charge in [0.05, 0.1) is 12.3 Å². The first kappa shape index (κ1) is 20.2. The highest BCUT2D eigenvalue weighted by Gasteiger charge is 2.30. The first-order valence-electron chi connectivity index (χ1n) is 10.3. The fraction of sp³-hybridized carbons (Fsp3) is 0.333. The van der Waals surface area contributed by atoms with E-state index in [-0.39, 0.29) is 6.04 Å². The van der Waals surface area contributed by atoms with E-state index in [1.54, 1.807) is 6.26 Å². The number of oxazole rings is 1. The Kier molecular flexibility index (Phi) is 6.14. The molecule has 3 aromatic rings.